The highest BCUT2D eigenvalue weighted by molar-refractivity contribution is 6.06. The van der Waals surface area contributed by atoms with Crippen LogP contribution in [0.4, 0.5) is 0 Å². The lowest BCUT2D eigenvalue weighted by Gasteiger charge is -2.17. The molecule has 0 aliphatic rings. The van der Waals surface area contributed by atoms with E-state index in [2.05, 4.69) is 173 Å². The Balaban J connectivity index is 1.77. The Morgan fingerprint density at radius 1 is 0.273 bits per heavy atom. The zero-order valence-corrected chi connectivity index (χ0v) is 25.9. The van der Waals surface area contributed by atoms with Crippen LogP contribution >= 0.6 is 0 Å². The smallest absolute Gasteiger partial charge is 0.00143 e. The quantitative estimate of drug-likeness (QED) is 0.187. The zero-order valence-electron chi connectivity index (χ0n) is 25.9. The molecule has 0 bridgehead atoms. The summed E-state index contributed by atoms with van der Waals surface area (Å²) in [6, 6.07) is 54.0. The van der Waals surface area contributed by atoms with Crippen LogP contribution in [0.3, 0.4) is 0 Å². The Kier molecular flexibility index (Phi) is 7.20. The van der Waals surface area contributed by atoms with E-state index in [0.29, 0.717) is 0 Å². The molecule has 44 heavy (non-hydrogen) atoms. The van der Waals surface area contributed by atoms with Crippen molar-refractivity contribution >= 4 is 32.7 Å². The van der Waals surface area contributed by atoms with Crippen LogP contribution in [0.2, 0.25) is 0 Å². The van der Waals surface area contributed by atoms with E-state index in [1.165, 1.54) is 87.6 Å². The number of benzene rings is 7. The van der Waals surface area contributed by atoms with Crippen LogP contribution in [0, 0.1) is 27.7 Å². The van der Waals surface area contributed by atoms with Gasteiger partial charge in [-0.05, 0) is 93.1 Å². The fourth-order valence-electron chi connectivity index (χ4n) is 6.46. The minimum Gasteiger partial charge on any atom is -0.0616 e. The van der Waals surface area contributed by atoms with Crippen molar-refractivity contribution in [2.24, 2.45) is 0 Å². The lowest BCUT2D eigenvalue weighted by atomic mass is 9.86. The van der Waals surface area contributed by atoms with E-state index in [1.807, 2.05) is 0 Å². The molecule has 0 atom stereocenters. The van der Waals surface area contributed by atoms with Crippen molar-refractivity contribution in [3.05, 3.63) is 201 Å². The third-order valence-electron chi connectivity index (χ3n) is 8.79. The fourth-order valence-corrected chi connectivity index (χ4v) is 6.46. The highest BCUT2D eigenvalue weighted by Gasteiger charge is 2.16. The molecule has 0 aromatic heterocycles. The van der Waals surface area contributed by atoms with Gasteiger partial charge in [0.05, 0.1) is 0 Å². The summed E-state index contributed by atoms with van der Waals surface area (Å²) in [5.74, 6) is 0. The molecule has 0 aliphatic heterocycles. The van der Waals surface area contributed by atoms with Crippen LogP contribution in [0.15, 0.2) is 146 Å². The normalized spacial score (nSPS) is 11.2. The molecule has 0 heteroatoms. The summed E-state index contributed by atoms with van der Waals surface area (Å²) >= 11 is 0. The Morgan fingerprint density at radius 2 is 0.477 bits per heavy atom. The fraction of sp³-hybridized carbons (Fsp3) is 0.0909. The molecular weight excluding hydrogens is 528 g/mol. The van der Waals surface area contributed by atoms with Crippen molar-refractivity contribution in [1.29, 1.82) is 0 Å². The molecule has 0 amide bonds. The molecular formula is C44H36. The van der Waals surface area contributed by atoms with Crippen molar-refractivity contribution in [1.82, 2.24) is 0 Å². The van der Waals surface area contributed by atoms with Crippen LogP contribution in [-0.2, 0) is 0 Å². The molecule has 0 aliphatic carbocycles. The molecule has 0 fully saturated rings. The van der Waals surface area contributed by atoms with E-state index in [1.54, 1.807) is 0 Å². The number of hydrogen-bond acceptors (Lipinski definition) is 0. The predicted molar refractivity (Wildman–Crippen MR) is 189 cm³/mol. The van der Waals surface area contributed by atoms with Crippen molar-refractivity contribution in [2.75, 3.05) is 0 Å². The van der Waals surface area contributed by atoms with Gasteiger partial charge in [0, 0.05) is 0 Å². The standard InChI is InChI=1S/C44H36/c1-29-13-21-33(22-14-29)41(34-23-15-30(2)16-24-34)43-37-9-5-7-11-39(37)44(40-12-8-6-10-38(40)43)42(35-25-17-31(3)18-26-35)36-27-19-32(4)20-28-36/h5-28H,1-4H3. The number of aryl methyl sites for hydroxylation is 4. The summed E-state index contributed by atoms with van der Waals surface area (Å²) in [6.07, 6.45) is 0. The second kappa shape index (κ2) is 11.5. The Morgan fingerprint density at radius 3 is 0.682 bits per heavy atom. The molecule has 7 aromatic rings. The van der Waals surface area contributed by atoms with Crippen LogP contribution in [0.25, 0.3) is 32.7 Å². The van der Waals surface area contributed by atoms with E-state index in [9.17, 15) is 0 Å². The first kappa shape index (κ1) is 27.6. The molecule has 0 nitrogen and oxygen atoms in total. The minimum absolute atomic E-state index is 1.23. The molecule has 0 saturated heterocycles. The van der Waals surface area contributed by atoms with Crippen LogP contribution in [0.5, 0.6) is 0 Å². The van der Waals surface area contributed by atoms with Gasteiger partial charge < -0.3 is 0 Å². The molecule has 0 N–H and O–H groups in total. The first-order valence-electron chi connectivity index (χ1n) is 15.4. The topological polar surface area (TPSA) is 0 Å². The number of hydrogen-bond donors (Lipinski definition) is 0. The summed E-state index contributed by atoms with van der Waals surface area (Å²) < 4.78 is 0. The van der Waals surface area contributed by atoms with Gasteiger partial charge in [-0.15, -0.1) is 0 Å². The van der Waals surface area contributed by atoms with E-state index < -0.39 is 0 Å². The minimum atomic E-state index is 1.23. The third kappa shape index (κ3) is 5.03. The second-order valence-electron chi connectivity index (χ2n) is 12.1. The number of fused-ring (bicyclic) bond motifs is 2. The van der Waals surface area contributed by atoms with Crippen LogP contribution < -0.4 is 10.4 Å². The van der Waals surface area contributed by atoms with Gasteiger partial charge in [-0.2, -0.15) is 0 Å². The van der Waals surface area contributed by atoms with Crippen molar-refractivity contribution in [2.45, 2.75) is 27.7 Å². The monoisotopic (exact) mass is 564 g/mol. The van der Waals surface area contributed by atoms with Gasteiger partial charge in [-0.1, -0.05) is 168 Å². The molecule has 7 aromatic carbocycles. The number of rotatable bonds is 4. The van der Waals surface area contributed by atoms with Gasteiger partial charge in [0.15, 0.2) is 0 Å². The Hall–Kier alpha value is -5.20. The highest BCUT2D eigenvalue weighted by atomic mass is 14.2. The molecule has 7 rings (SSSR count). The van der Waals surface area contributed by atoms with Gasteiger partial charge in [-0.25, -0.2) is 0 Å². The van der Waals surface area contributed by atoms with Crippen LogP contribution in [-0.4, -0.2) is 0 Å². The summed E-state index contributed by atoms with van der Waals surface area (Å²) in [5, 5.41) is 7.59. The van der Waals surface area contributed by atoms with Crippen molar-refractivity contribution in [3.63, 3.8) is 0 Å². The molecule has 0 radical (unpaired) electrons. The second-order valence-corrected chi connectivity index (χ2v) is 12.1. The van der Waals surface area contributed by atoms with E-state index >= 15 is 0 Å². The van der Waals surface area contributed by atoms with E-state index in [4.69, 9.17) is 0 Å². The lowest BCUT2D eigenvalue weighted by molar-refractivity contribution is 1.41. The summed E-state index contributed by atoms with van der Waals surface area (Å²) in [7, 11) is 0. The van der Waals surface area contributed by atoms with Crippen LogP contribution in [0.1, 0.15) is 44.5 Å². The molecule has 0 heterocycles. The summed E-state index contributed by atoms with van der Waals surface area (Å²) in [4.78, 5) is 0. The van der Waals surface area contributed by atoms with E-state index in [-0.39, 0.29) is 0 Å². The van der Waals surface area contributed by atoms with Gasteiger partial charge in [0.25, 0.3) is 0 Å². The van der Waals surface area contributed by atoms with E-state index in [0.717, 1.165) is 0 Å². The Labute approximate surface area is 260 Å². The third-order valence-corrected chi connectivity index (χ3v) is 8.79. The van der Waals surface area contributed by atoms with Gasteiger partial charge in [0.2, 0.25) is 0 Å². The first-order chi connectivity index (χ1) is 21.5. The predicted octanol–water partition coefficient (Wildman–Crippen LogP) is 9.72. The molecule has 212 valence electrons. The molecule has 0 unspecified atom stereocenters. The van der Waals surface area contributed by atoms with Crippen molar-refractivity contribution < 1.29 is 0 Å². The lowest BCUT2D eigenvalue weighted by Crippen LogP contribution is -2.21. The van der Waals surface area contributed by atoms with Gasteiger partial charge in [0.1, 0.15) is 0 Å². The van der Waals surface area contributed by atoms with Gasteiger partial charge >= 0.3 is 0 Å². The molecule has 0 spiro atoms. The van der Waals surface area contributed by atoms with Crippen molar-refractivity contribution in [3.8, 4) is 0 Å². The van der Waals surface area contributed by atoms with Gasteiger partial charge in [-0.3, -0.25) is 0 Å². The maximum atomic E-state index is 2.31. The molecule has 0 saturated carbocycles. The zero-order chi connectivity index (χ0) is 30.2. The SMILES string of the molecule is Cc1ccc(C(c2ccc(C)cc2)=c2c3ccccc3c(=C(c3ccc(C)cc3)c3ccc(C)cc3)c3ccccc23)cc1. The summed E-state index contributed by atoms with van der Waals surface area (Å²) in [5.41, 5.74) is 12.5. The first-order valence-corrected chi connectivity index (χ1v) is 15.4. The average Bonchev–Trinajstić information content (AvgIpc) is 3.05. The Bertz CT molecular complexity index is 1920. The largest absolute Gasteiger partial charge is 0.0616 e. The summed E-state index contributed by atoms with van der Waals surface area (Å²) in [6.45, 7) is 8.62. The highest BCUT2D eigenvalue weighted by Crippen LogP contribution is 2.28. The average molecular weight is 565 g/mol. The maximum Gasteiger partial charge on any atom is -0.00143 e. The maximum absolute atomic E-state index is 2.31.